The summed E-state index contributed by atoms with van der Waals surface area (Å²) in [7, 11) is 3.55. The van der Waals surface area contributed by atoms with Gasteiger partial charge in [0, 0.05) is 24.4 Å². The maximum absolute atomic E-state index is 12.5. The molecule has 1 aliphatic rings. The Bertz CT molecular complexity index is 735. The van der Waals surface area contributed by atoms with Crippen LogP contribution >= 0.6 is 0 Å². The molecular formula is C19H26N4O2. The Balaban J connectivity index is 1.74. The van der Waals surface area contributed by atoms with Gasteiger partial charge >= 0.3 is 0 Å². The molecule has 1 heterocycles. The number of hydrogen-bond acceptors (Lipinski definition) is 4. The van der Waals surface area contributed by atoms with Gasteiger partial charge in [-0.1, -0.05) is 19.3 Å². The third kappa shape index (κ3) is 3.85. The number of amides is 1. The second kappa shape index (κ2) is 7.70. The molecule has 0 spiro atoms. The van der Waals surface area contributed by atoms with E-state index in [0.29, 0.717) is 11.4 Å². The first-order valence-electron chi connectivity index (χ1n) is 8.81. The first-order valence-corrected chi connectivity index (χ1v) is 8.81. The van der Waals surface area contributed by atoms with Gasteiger partial charge in [-0.25, -0.2) is 4.98 Å². The van der Waals surface area contributed by atoms with E-state index >= 15 is 0 Å². The van der Waals surface area contributed by atoms with Crippen LogP contribution in [0.25, 0.3) is 11.3 Å². The lowest BCUT2D eigenvalue weighted by molar-refractivity contribution is -0.118. The molecule has 0 saturated heterocycles. The van der Waals surface area contributed by atoms with E-state index < -0.39 is 6.04 Å². The van der Waals surface area contributed by atoms with Crippen molar-refractivity contribution in [2.75, 3.05) is 12.4 Å². The number of nitrogens with two attached hydrogens (primary N) is 1. The van der Waals surface area contributed by atoms with Crippen molar-refractivity contribution < 1.29 is 9.53 Å². The number of imidazole rings is 1. The number of methoxy groups -OCH3 is 1. The van der Waals surface area contributed by atoms with E-state index in [1.165, 1.54) is 19.3 Å². The number of benzene rings is 1. The molecule has 6 heteroatoms. The SMILES string of the molecule is COc1cc(NC(=O)C(N)C2CCCCC2)ccc1-c1cncn1C. The van der Waals surface area contributed by atoms with Crippen molar-refractivity contribution in [1.82, 2.24) is 9.55 Å². The van der Waals surface area contributed by atoms with Crippen LogP contribution in [0.4, 0.5) is 5.69 Å². The monoisotopic (exact) mass is 342 g/mol. The van der Waals surface area contributed by atoms with Gasteiger partial charge in [0.15, 0.2) is 0 Å². The van der Waals surface area contributed by atoms with Gasteiger partial charge in [-0.15, -0.1) is 0 Å². The number of rotatable bonds is 5. The quantitative estimate of drug-likeness (QED) is 0.875. The Morgan fingerprint density at radius 2 is 2.12 bits per heavy atom. The summed E-state index contributed by atoms with van der Waals surface area (Å²) in [6, 6.07) is 5.17. The van der Waals surface area contributed by atoms with Crippen LogP contribution in [0.5, 0.6) is 5.75 Å². The topological polar surface area (TPSA) is 82.2 Å². The maximum Gasteiger partial charge on any atom is 0.241 e. The summed E-state index contributed by atoms with van der Waals surface area (Å²) in [4.78, 5) is 16.6. The summed E-state index contributed by atoms with van der Waals surface area (Å²) in [6.07, 6.45) is 9.19. The first-order chi connectivity index (χ1) is 12.1. The summed E-state index contributed by atoms with van der Waals surface area (Å²) < 4.78 is 7.43. The summed E-state index contributed by atoms with van der Waals surface area (Å²) in [5.74, 6) is 0.847. The molecule has 134 valence electrons. The van der Waals surface area contributed by atoms with E-state index in [1.54, 1.807) is 19.6 Å². The molecule has 3 rings (SSSR count). The summed E-state index contributed by atoms with van der Waals surface area (Å²) in [6.45, 7) is 0. The van der Waals surface area contributed by atoms with Crippen LogP contribution in [-0.2, 0) is 11.8 Å². The lowest BCUT2D eigenvalue weighted by Crippen LogP contribution is -2.42. The fraction of sp³-hybridized carbons (Fsp3) is 0.474. The number of hydrogen-bond donors (Lipinski definition) is 2. The maximum atomic E-state index is 12.5. The van der Waals surface area contributed by atoms with Crippen molar-refractivity contribution >= 4 is 11.6 Å². The minimum absolute atomic E-state index is 0.123. The third-order valence-corrected chi connectivity index (χ3v) is 5.02. The van der Waals surface area contributed by atoms with Crippen LogP contribution in [0.3, 0.4) is 0 Å². The molecule has 6 nitrogen and oxygen atoms in total. The van der Waals surface area contributed by atoms with Crippen LogP contribution in [0, 0.1) is 5.92 Å². The highest BCUT2D eigenvalue weighted by atomic mass is 16.5. The number of aryl methyl sites for hydroxylation is 1. The summed E-state index contributed by atoms with van der Waals surface area (Å²) in [5, 5.41) is 2.93. The van der Waals surface area contributed by atoms with Gasteiger partial charge in [0.25, 0.3) is 0 Å². The molecular weight excluding hydrogens is 316 g/mol. The van der Waals surface area contributed by atoms with Crippen molar-refractivity contribution in [3.8, 4) is 17.0 Å². The Kier molecular flexibility index (Phi) is 5.38. The van der Waals surface area contributed by atoms with Crippen molar-refractivity contribution in [1.29, 1.82) is 0 Å². The number of aromatic nitrogens is 2. The fourth-order valence-electron chi connectivity index (χ4n) is 3.53. The minimum Gasteiger partial charge on any atom is -0.496 e. The first kappa shape index (κ1) is 17.5. The summed E-state index contributed by atoms with van der Waals surface area (Å²) in [5.41, 5.74) is 8.76. The molecule has 0 aliphatic heterocycles. The predicted molar refractivity (Wildman–Crippen MR) is 98.4 cm³/mol. The van der Waals surface area contributed by atoms with Gasteiger partial charge in [0.2, 0.25) is 5.91 Å². The zero-order valence-corrected chi connectivity index (χ0v) is 14.9. The highest BCUT2D eigenvalue weighted by Crippen LogP contribution is 2.32. The molecule has 1 aromatic carbocycles. The molecule has 1 atom stereocenters. The highest BCUT2D eigenvalue weighted by molar-refractivity contribution is 5.95. The Morgan fingerprint density at radius 1 is 1.36 bits per heavy atom. The van der Waals surface area contributed by atoms with E-state index in [0.717, 1.165) is 24.1 Å². The van der Waals surface area contributed by atoms with E-state index in [9.17, 15) is 4.79 Å². The van der Waals surface area contributed by atoms with E-state index in [1.807, 2.05) is 29.8 Å². The van der Waals surface area contributed by atoms with Crippen LogP contribution < -0.4 is 15.8 Å². The average molecular weight is 342 g/mol. The van der Waals surface area contributed by atoms with E-state index in [4.69, 9.17) is 10.5 Å². The lowest BCUT2D eigenvalue weighted by Gasteiger charge is -2.26. The van der Waals surface area contributed by atoms with Gasteiger partial charge in [0.05, 0.1) is 31.4 Å². The second-order valence-corrected chi connectivity index (χ2v) is 6.72. The number of anilines is 1. The third-order valence-electron chi connectivity index (χ3n) is 5.02. The number of ether oxygens (including phenoxy) is 1. The zero-order valence-electron chi connectivity index (χ0n) is 14.9. The Hall–Kier alpha value is -2.34. The molecule has 1 aromatic heterocycles. The van der Waals surface area contributed by atoms with Crippen LogP contribution in [-0.4, -0.2) is 28.6 Å². The highest BCUT2D eigenvalue weighted by Gasteiger charge is 2.26. The van der Waals surface area contributed by atoms with Crippen molar-refractivity contribution in [2.45, 2.75) is 38.1 Å². The standard InChI is InChI=1S/C19H26N4O2/c1-23-12-21-11-16(23)15-9-8-14(10-17(15)25-2)22-19(24)18(20)13-6-4-3-5-7-13/h8-13,18H,3-7,20H2,1-2H3,(H,22,24). The molecule has 25 heavy (non-hydrogen) atoms. The summed E-state index contributed by atoms with van der Waals surface area (Å²) >= 11 is 0. The zero-order chi connectivity index (χ0) is 17.8. The molecule has 1 saturated carbocycles. The van der Waals surface area contributed by atoms with Gasteiger partial charge in [-0.05, 0) is 30.9 Å². The minimum atomic E-state index is -0.456. The molecule has 1 amide bonds. The second-order valence-electron chi connectivity index (χ2n) is 6.72. The number of nitrogens with one attached hydrogen (secondary N) is 1. The van der Waals surface area contributed by atoms with Crippen molar-refractivity contribution in [3.63, 3.8) is 0 Å². The van der Waals surface area contributed by atoms with Crippen LogP contribution in [0.1, 0.15) is 32.1 Å². The molecule has 1 unspecified atom stereocenters. The lowest BCUT2D eigenvalue weighted by atomic mass is 9.84. The molecule has 1 aliphatic carbocycles. The van der Waals surface area contributed by atoms with Crippen LogP contribution in [0.2, 0.25) is 0 Å². The number of carbonyl (C=O) groups excluding carboxylic acids is 1. The van der Waals surface area contributed by atoms with Gasteiger partial charge in [-0.3, -0.25) is 4.79 Å². The molecule has 3 N–H and O–H groups in total. The number of carbonyl (C=O) groups is 1. The fourth-order valence-corrected chi connectivity index (χ4v) is 3.53. The predicted octanol–water partition coefficient (Wildman–Crippen LogP) is 2.94. The Labute approximate surface area is 148 Å². The average Bonchev–Trinajstić information content (AvgIpc) is 3.07. The van der Waals surface area contributed by atoms with E-state index in [2.05, 4.69) is 10.3 Å². The Morgan fingerprint density at radius 3 is 2.76 bits per heavy atom. The van der Waals surface area contributed by atoms with E-state index in [-0.39, 0.29) is 11.8 Å². The van der Waals surface area contributed by atoms with Gasteiger partial charge < -0.3 is 20.4 Å². The molecule has 0 radical (unpaired) electrons. The smallest absolute Gasteiger partial charge is 0.241 e. The normalized spacial score (nSPS) is 16.4. The van der Waals surface area contributed by atoms with Crippen molar-refractivity contribution in [2.24, 2.45) is 18.7 Å². The largest absolute Gasteiger partial charge is 0.496 e. The van der Waals surface area contributed by atoms with Crippen LogP contribution in [0.15, 0.2) is 30.7 Å². The van der Waals surface area contributed by atoms with Gasteiger partial charge in [-0.2, -0.15) is 0 Å². The molecule has 1 fully saturated rings. The molecule has 0 bridgehead atoms. The van der Waals surface area contributed by atoms with Gasteiger partial charge in [0.1, 0.15) is 5.75 Å². The molecule has 2 aromatic rings. The van der Waals surface area contributed by atoms with Crippen molar-refractivity contribution in [3.05, 3.63) is 30.7 Å². The number of nitrogens with zero attached hydrogens (tertiary/aromatic N) is 2.